The van der Waals surface area contributed by atoms with Crippen LogP contribution in [0.2, 0.25) is 0 Å². The highest BCUT2D eigenvalue weighted by Gasteiger charge is 2.46. The van der Waals surface area contributed by atoms with Gasteiger partial charge in [-0.1, -0.05) is 201 Å². The molecule has 0 amide bonds. The standard InChI is InChI=1S/C66H48N2/c1-47-17-5-3-2-4-6-24-58(43-47)67(59-36-29-48-18-7-10-21-51(48)44-59)56-39-32-54(33-40-56)66(64-27-15-13-25-62(64)63-26-14-16-28-65(63)66)55-34-41-57(42-35-55)68(60-37-30-49-19-8-11-22-52(49)45-60)61-38-31-50-20-9-12-23-53(50)46-61/h2-3,5-46H,1,4H2/b3-2-,17-5-,24-6-,58-43?. The van der Waals surface area contributed by atoms with E-state index in [4.69, 9.17) is 0 Å². The number of nitrogens with zero attached hydrogens (tertiary/aromatic N) is 2. The first-order chi connectivity index (χ1) is 33.6. The Morgan fingerprint density at radius 3 is 1.26 bits per heavy atom. The second kappa shape index (κ2) is 17.3. The smallest absolute Gasteiger partial charge is 0.0713 e. The summed E-state index contributed by atoms with van der Waals surface area (Å²) in [6, 6.07) is 82.7. The Balaban J connectivity index is 1.02. The summed E-state index contributed by atoms with van der Waals surface area (Å²) in [5.41, 5.74) is 14.4. The van der Waals surface area contributed by atoms with Crippen molar-refractivity contribution in [1.82, 2.24) is 0 Å². The average molecular weight is 869 g/mol. The van der Waals surface area contributed by atoms with E-state index in [1.165, 1.54) is 65.7 Å². The van der Waals surface area contributed by atoms with Crippen LogP contribution in [0.3, 0.4) is 0 Å². The van der Waals surface area contributed by atoms with E-state index in [1.54, 1.807) is 0 Å². The predicted octanol–water partition coefficient (Wildman–Crippen LogP) is 17.6. The number of allylic oxidation sites excluding steroid dienone is 8. The molecule has 2 heteroatoms. The van der Waals surface area contributed by atoms with Gasteiger partial charge in [0.25, 0.3) is 0 Å². The lowest BCUT2D eigenvalue weighted by Gasteiger charge is -2.35. The predicted molar refractivity (Wildman–Crippen MR) is 289 cm³/mol. The van der Waals surface area contributed by atoms with Gasteiger partial charge in [-0.2, -0.15) is 0 Å². The molecular formula is C66H48N2. The van der Waals surface area contributed by atoms with Crippen molar-refractivity contribution in [3.05, 3.63) is 307 Å². The van der Waals surface area contributed by atoms with Crippen LogP contribution in [0.15, 0.2) is 285 Å². The van der Waals surface area contributed by atoms with Gasteiger partial charge in [-0.25, -0.2) is 0 Å². The average Bonchev–Trinajstić information content (AvgIpc) is 3.70. The van der Waals surface area contributed by atoms with E-state index in [-0.39, 0.29) is 0 Å². The van der Waals surface area contributed by atoms with Crippen molar-refractivity contribution in [2.45, 2.75) is 11.8 Å². The van der Waals surface area contributed by atoms with Crippen LogP contribution in [0.4, 0.5) is 28.4 Å². The van der Waals surface area contributed by atoms with Crippen LogP contribution < -0.4 is 9.80 Å². The largest absolute Gasteiger partial charge is 0.310 e. The molecule has 2 aliphatic carbocycles. The van der Waals surface area contributed by atoms with E-state index in [0.717, 1.165) is 46.1 Å². The van der Waals surface area contributed by atoms with E-state index in [1.807, 2.05) is 0 Å². The summed E-state index contributed by atoms with van der Waals surface area (Å²) in [7, 11) is 0. The molecule has 0 unspecified atom stereocenters. The number of hydrogen-bond acceptors (Lipinski definition) is 2. The number of hydrogen-bond donors (Lipinski definition) is 0. The second-order valence-corrected chi connectivity index (χ2v) is 17.8. The Hall–Kier alpha value is -8.72. The van der Waals surface area contributed by atoms with Gasteiger partial charge in [0, 0.05) is 34.1 Å². The van der Waals surface area contributed by atoms with Crippen molar-refractivity contribution >= 4 is 60.8 Å². The first kappa shape index (κ1) is 40.8. The monoisotopic (exact) mass is 868 g/mol. The maximum Gasteiger partial charge on any atom is 0.0713 e. The van der Waals surface area contributed by atoms with E-state index in [9.17, 15) is 0 Å². The molecule has 0 heterocycles. The van der Waals surface area contributed by atoms with Gasteiger partial charge in [0.15, 0.2) is 0 Å². The third-order valence-corrected chi connectivity index (χ3v) is 13.8. The molecule has 0 fully saturated rings. The summed E-state index contributed by atoms with van der Waals surface area (Å²) in [5, 5.41) is 7.27. The van der Waals surface area contributed by atoms with Crippen LogP contribution >= 0.6 is 0 Å². The first-order valence-electron chi connectivity index (χ1n) is 23.5. The fraction of sp³-hybridized carbons (Fsp3) is 0.0303. The summed E-state index contributed by atoms with van der Waals surface area (Å²) < 4.78 is 0. The second-order valence-electron chi connectivity index (χ2n) is 17.8. The Labute approximate surface area is 398 Å². The number of benzene rings is 10. The Morgan fingerprint density at radius 2 is 0.765 bits per heavy atom. The quantitative estimate of drug-likeness (QED) is 0.150. The van der Waals surface area contributed by atoms with Gasteiger partial charge in [0.1, 0.15) is 0 Å². The molecule has 322 valence electrons. The Morgan fingerprint density at radius 1 is 0.353 bits per heavy atom. The van der Waals surface area contributed by atoms with Gasteiger partial charge >= 0.3 is 0 Å². The van der Waals surface area contributed by atoms with Crippen LogP contribution in [-0.2, 0) is 5.41 Å². The molecule has 68 heavy (non-hydrogen) atoms. The van der Waals surface area contributed by atoms with Gasteiger partial charge < -0.3 is 9.80 Å². The van der Waals surface area contributed by atoms with E-state index in [2.05, 4.69) is 283 Å². The topological polar surface area (TPSA) is 6.48 Å². The number of fused-ring (bicyclic) bond motifs is 6. The molecule has 0 radical (unpaired) electrons. The van der Waals surface area contributed by atoms with E-state index in [0.29, 0.717) is 0 Å². The van der Waals surface area contributed by atoms with Crippen LogP contribution in [0, 0.1) is 0 Å². The zero-order valence-corrected chi connectivity index (χ0v) is 37.7. The maximum atomic E-state index is 4.42. The molecule has 2 aliphatic rings. The van der Waals surface area contributed by atoms with Crippen molar-refractivity contribution < 1.29 is 0 Å². The fourth-order valence-corrected chi connectivity index (χ4v) is 10.6. The molecule has 0 aliphatic heterocycles. The van der Waals surface area contributed by atoms with Crippen LogP contribution in [0.5, 0.6) is 0 Å². The number of anilines is 5. The SMILES string of the molecule is C=C1C=C(N(c2ccc(C3(c4ccc(N(c5ccc6ccccc6c5)c5ccc6ccccc6c5)cc4)c4ccccc4-c4ccccc43)cc2)c2ccc3ccccc3c2)/C=C\C/C=C\C=C/1. The summed E-state index contributed by atoms with van der Waals surface area (Å²) in [5.74, 6) is 0. The highest BCUT2D eigenvalue weighted by Crippen LogP contribution is 2.56. The summed E-state index contributed by atoms with van der Waals surface area (Å²) in [6.45, 7) is 4.42. The molecular weight excluding hydrogens is 821 g/mol. The van der Waals surface area contributed by atoms with Crippen molar-refractivity contribution in [3.63, 3.8) is 0 Å². The minimum atomic E-state index is -0.588. The molecule has 0 aromatic heterocycles. The fourth-order valence-electron chi connectivity index (χ4n) is 10.6. The summed E-state index contributed by atoms with van der Waals surface area (Å²) in [4.78, 5) is 4.76. The molecule has 0 bridgehead atoms. The van der Waals surface area contributed by atoms with Crippen LogP contribution in [0.1, 0.15) is 28.7 Å². The minimum Gasteiger partial charge on any atom is -0.310 e. The van der Waals surface area contributed by atoms with Crippen molar-refractivity contribution in [3.8, 4) is 11.1 Å². The molecule has 0 atom stereocenters. The van der Waals surface area contributed by atoms with Crippen molar-refractivity contribution in [2.24, 2.45) is 0 Å². The van der Waals surface area contributed by atoms with Crippen molar-refractivity contribution in [1.29, 1.82) is 0 Å². The van der Waals surface area contributed by atoms with Gasteiger partial charge in [-0.15, -0.1) is 0 Å². The first-order valence-corrected chi connectivity index (χ1v) is 23.5. The normalized spacial score (nSPS) is 15.3. The number of rotatable bonds is 8. The van der Waals surface area contributed by atoms with E-state index >= 15 is 0 Å². The lowest BCUT2D eigenvalue weighted by atomic mass is 9.67. The van der Waals surface area contributed by atoms with Gasteiger partial charge in [0.2, 0.25) is 0 Å². The lowest BCUT2D eigenvalue weighted by Crippen LogP contribution is -2.28. The van der Waals surface area contributed by atoms with Gasteiger partial charge in [0.05, 0.1) is 5.41 Å². The van der Waals surface area contributed by atoms with Crippen LogP contribution in [0.25, 0.3) is 43.4 Å². The summed E-state index contributed by atoms with van der Waals surface area (Å²) >= 11 is 0. The highest BCUT2D eigenvalue weighted by molar-refractivity contribution is 5.94. The maximum absolute atomic E-state index is 4.42. The molecule has 0 saturated heterocycles. The van der Waals surface area contributed by atoms with Gasteiger partial charge in [-0.05, 0) is 151 Å². The lowest BCUT2D eigenvalue weighted by molar-refractivity contribution is 0.768. The molecule has 0 saturated carbocycles. The Kier molecular flexibility index (Phi) is 10.3. The molecule has 10 aromatic carbocycles. The molecule has 2 nitrogen and oxygen atoms in total. The molecule has 0 N–H and O–H groups in total. The molecule has 12 rings (SSSR count). The molecule has 10 aromatic rings. The minimum absolute atomic E-state index is 0.588. The third-order valence-electron chi connectivity index (χ3n) is 13.8. The van der Waals surface area contributed by atoms with Crippen molar-refractivity contribution in [2.75, 3.05) is 9.80 Å². The van der Waals surface area contributed by atoms with Gasteiger partial charge in [-0.3, -0.25) is 0 Å². The zero-order chi connectivity index (χ0) is 45.4. The Bertz CT molecular complexity index is 3550. The molecule has 0 spiro atoms. The third kappa shape index (κ3) is 7.15. The zero-order valence-electron chi connectivity index (χ0n) is 37.7. The van der Waals surface area contributed by atoms with E-state index < -0.39 is 5.41 Å². The van der Waals surface area contributed by atoms with Crippen LogP contribution in [-0.4, -0.2) is 0 Å². The summed E-state index contributed by atoms with van der Waals surface area (Å²) in [6.07, 6.45) is 15.9. The highest BCUT2D eigenvalue weighted by atomic mass is 15.1.